The predicted molar refractivity (Wildman–Crippen MR) is 104 cm³/mol. The average molecular weight is 373 g/mol. The molecule has 1 saturated heterocycles. The van der Waals surface area contributed by atoms with Crippen molar-refractivity contribution < 1.29 is 9.59 Å². The van der Waals surface area contributed by atoms with Gasteiger partial charge in [-0.3, -0.25) is 9.59 Å². The zero-order valence-corrected chi connectivity index (χ0v) is 16.0. The lowest BCUT2D eigenvalue weighted by atomic mass is 10.1. The van der Waals surface area contributed by atoms with Crippen LogP contribution in [0, 0.1) is 13.8 Å². The number of carbonyl (C=O) groups is 2. The predicted octanol–water partition coefficient (Wildman–Crippen LogP) is 1.66. The first kappa shape index (κ1) is 18.2. The van der Waals surface area contributed by atoms with E-state index in [1.807, 2.05) is 0 Å². The summed E-state index contributed by atoms with van der Waals surface area (Å²) in [4.78, 5) is 28.9. The molecule has 0 atom stereocenters. The summed E-state index contributed by atoms with van der Waals surface area (Å²) < 4.78 is 4.03. The van der Waals surface area contributed by atoms with Crippen LogP contribution in [-0.2, 0) is 0 Å². The Morgan fingerprint density at radius 1 is 1.19 bits per heavy atom. The molecule has 3 rings (SSSR count). The molecule has 1 aliphatic rings. The number of benzene rings is 1. The number of nitrogens with one attached hydrogen (secondary N) is 1. The standard InChI is InChI=1S/C18H23N5O2S/c1-11-5-4-6-13(12(11)2)22-7-9-23(10-8-22)18(25)16-14(19)15(21-26-16)17(24)20-3/h4-6H,7-10,19H2,1-3H3,(H,20,24). The minimum absolute atomic E-state index is 0.120. The number of hydrogen-bond acceptors (Lipinski definition) is 6. The Balaban J connectivity index is 1.70. The van der Waals surface area contributed by atoms with Crippen LogP contribution in [0.1, 0.15) is 31.3 Å². The van der Waals surface area contributed by atoms with Gasteiger partial charge in [0.25, 0.3) is 11.8 Å². The lowest BCUT2D eigenvalue weighted by Gasteiger charge is -2.36. The Morgan fingerprint density at radius 2 is 1.88 bits per heavy atom. The van der Waals surface area contributed by atoms with Crippen LogP contribution in [0.4, 0.5) is 11.4 Å². The van der Waals surface area contributed by atoms with Crippen LogP contribution < -0.4 is 16.0 Å². The van der Waals surface area contributed by atoms with Crippen molar-refractivity contribution in [3.05, 3.63) is 39.9 Å². The highest BCUT2D eigenvalue weighted by Crippen LogP contribution is 2.26. The van der Waals surface area contributed by atoms with Crippen LogP contribution in [0.5, 0.6) is 0 Å². The number of aromatic nitrogens is 1. The van der Waals surface area contributed by atoms with Crippen LogP contribution in [-0.4, -0.2) is 54.3 Å². The molecule has 8 heteroatoms. The summed E-state index contributed by atoms with van der Waals surface area (Å²) in [6.45, 7) is 6.97. The van der Waals surface area contributed by atoms with Gasteiger partial charge in [0.1, 0.15) is 4.88 Å². The largest absolute Gasteiger partial charge is 0.395 e. The molecule has 7 nitrogen and oxygen atoms in total. The molecule has 2 heterocycles. The van der Waals surface area contributed by atoms with E-state index in [0.29, 0.717) is 18.0 Å². The molecule has 3 N–H and O–H groups in total. The molecular formula is C18H23N5O2S. The van der Waals surface area contributed by atoms with Crippen molar-refractivity contribution in [2.45, 2.75) is 13.8 Å². The van der Waals surface area contributed by atoms with E-state index < -0.39 is 0 Å². The zero-order chi connectivity index (χ0) is 18.8. The quantitative estimate of drug-likeness (QED) is 0.854. The van der Waals surface area contributed by atoms with E-state index in [-0.39, 0.29) is 23.2 Å². The molecule has 2 amide bonds. The lowest BCUT2D eigenvalue weighted by Crippen LogP contribution is -2.49. The number of rotatable bonds is 3. The summed E-state index contributed by atoms with van der Waals surface area (Å²) in [5.41, 5.74) is 10.0. The first-order valence-corrected chi connectivity index (χ1v) is 9.29. The molecule has 0 radical (unpaired) electrons. The van der Waals surface area contributed by atoms with E-state index in [1.165, 1.54) is 23.9 Å². The van der Waals surface area contributed by atoms with Gasteiger partial charge in [-0.1, -0.05) is 12.1 Å². The van der Waals surface area contributed by atoms with Crippen molar-refractivity contribution in [3.63, 3.8) is 0 Å². The molecule has 0 unspecified atom stereocenters. The van der Waals surface area contributed by atoms with Gasteiger partial charge in [-0.05, 0) is 42.6 Å². The van der Waals surface area contributed by atoms with Gasteiger partial charge in [-0.2, -0.15) is 4.37 Å². The Kier molecular flexibility index (Phi) is 5.13. The number of nitrogens with two attached hydrogens (primary N) is 1. The molecule has 2 aromatic rings. The molecular weight excluding hydrogens is 350 g/mol. The van der Waals surface area contributed by atoms with Crippen molar-refractivity contribution in [1.82, 2.24) is 14.6 Å². The van der Waals surface area contributed by atoms with Crippen molar-refractivity contribution in [3.8, 4) is 0 Å². The van der Waals surface area contributed by atoms with E-state index in [9.17, 15) is 9.59 Å². The van der Waals surface area contributed by atoms with Crippen molar-refractivity contribution in [2.75, 3.05) is 43.9 Å². The van der Waals surface area contributed by atoms with Crippen LogP contribution in [0.25, 0.3) is 0 Å². The number of hydrogen-bond donors (Lipinski definition) is 2. The Bertz CT molecular complexity index is 840. The second kappa shape index (κ2) is 7.33. The molecule has 138 valence electrons. The van der Waals surface area contributed by atoms with Gasteiger partial charge in [0.05, 0.1) is 5.69 Å². The molecule has 1 aromatic carbocycles. The van der Waals surface area contributed by atoms with E-state index in [0.717, 1.165) is 24.6 Å². The number of nitrogen functional groups attached to an aromatic ring is 1. The van der Waals surface area contributed by atoms with Gasteiger partial charge in [0, 0.05) is 38.9 Å². The van der Waals surface area contributed by atoms with E-state index in [2.05, 4.69) is 46.6 Å². The van der Waals surface area contributed by atoms with Gasteiger partial charge < -0.3 is 20.9 Å². The van der Waals surface area contributed by atoms with Crippen LogP contribution >= 0.6 is 11.5 Å². The maximum atomic E-state index is 12.8. The molecule has 0 bridgehead atoms. The SMILES string of the molecule is CNC(=O)c1nsc(C(=O)N2CCN(c3cccc(C)c3C)CC2)c1N. The highest BCUT2D eigenvalue weighted by atomic mass is 32.1. The third kappa shape index (κ3) is 3.24. The topological polar surface area (TPSA) is 91.6 Å². The maximum Gasteiger partial charge on any atom is 0.272 e. The minimum Gasteiger partial charge on any atom is -0.395 e. The zero-order valence-electron chi connectivity index (χ0n) is 15.2. The number of carbonyl (C=O) groups excluding carboxylic acids is 2. The highest BCUT2D eigenvalue weighted by Gasteiger charge is 2.28. The minimum atomic E-state index is -0.377. The van der Waals surface area contributed by atoms with Gasteiger partial charge in [-0.15, -0.1) is 0 Å². The molecule has 26 heavy (non-hydrogen) atoms. The lowest BCUT2D eigenvalue weighted by molar-refractivity contribution is 0.0752. The molecule has 1 aromatic heterocycles. The first-order chi connectivity index (χ1) is 12.4. The molecule has 0 saturated carbocycles. The van der Waals surface area contributed by atoms with Gasteiger partial charge >= 0.3 is 0 Å². The van der Waals surface area contributed by atoms with E-state index in [1.54, 1.807) is 4.90 Å². The highest BCUT2D eigenvalue weighted by molar-refractivity contribution is 7.09. The fraction of sp³-hybridized carbons (Fsp3) is 0.389. The number of piperazine rings is 1. The molecule has 1 aliphatic heterocycles. The second-order valence-electron chi connectivity index (χ2n) is 6.35. The molecule has 1 fully saturated rings. The maximum absolute atomic E-state index is 12.8. The van der Waals surface area contributed by atoms with Gasteiger partial charge in [0.15, 0.2) is 5.69 Å². The monoisotopic (exact) mass is 373 g/mol. The summed E-state index contributed by atoms with van der Waals surface area (Å²) >= 11 is 0.983. The smallest absolute Gasteiger partial charge is 0.272 e. The van der Waals surface area contributed by atoms with Crippen LogP contribution in [0.3, 0.4) is 0 Å². The number of amides is 2. The number of aryl methyl sites for hydroxylation is 1. The van der Waals surface area contributed by atoms with Crippen molar-refractivity contribution in [1.29, 1.82) is 0 Å². The van der Waals surface area contributed by atoms with Crippen molar-refractivity contribution in [2.24, 2.45) is 0 Å². The summed E-state index contributed by atoms with van der Waals surface area (Å²) in [5, 5.41) is 2.48. The normalized spacial score (nSPS) is 14.4. The van der Waals surface area contributed by atoms with Crippen molar-refractivity contribution >= 4 is 34.7 Å². The number of anilines is 2. The fourth-order valence-electron chi connectivity index (χ4n) is 3.11. The summed E-state index contributed by atoms with van der Waals surface area (Å²) in [7, 11) is 1.51. The van der Waals surface area contributed by atoms with E-state index in [4.69, 9.17) is 5.73 Å². The number of nitrogens with zero attached hydrogens (tertiary/aromatic N) is 3. The van der Waals surface area contributed by atoms with Crippen LogP contribution in [0.2, 0.25) is 0 Å². The fourth-order valence-corrected chi connectivity index (χ4v) is 3.87. The Hall–Kier alpha value is -2.61. The average Bonchev–Trinajstić information content (AvgIpc) is 3.04. The second-order valence-corrected chi connectivity index (χ2v) is 7.12. The summed E-state index contributed by atoms with van der Waals surface area (Å²) in [6, 6.07) is 6.29. The van der Waals surface area contributed by atoms with Gasteiger partial charge in [0.2, 0.25) is 0 Å². The first-order valence-electron chi connectivity index (χ1n) is 8.51. The molecule has 0 spiro atoms. The van der Waals surface area contributed by atoms with Crippen LogP contribution in [0.15, 0.2) is 18.2 Å². The van der Waals surface area contributed by atoms with E-state index >= 15 is 0 Å². The van der Waals surface area contributed by atoms with Gasteiger partial charge in [-0.25, -0.2) is 0 Å². The molecule has 0 aliphatic carbocycles. The Morgan fingerprint density at radius 3 is 2.54 bits per heavy atom. The third-order valence-corrected chi connectivity index (χ3v) is 5.70. The summed E-state index contributed by atoms with van der Waals surface area (Å²) in [5.74, 6) is -0.534. The Labute approximate surface area is 157 Å². The third-order valence-electron chi connectivity index (χ3n) is 4.85. The summed E-state index contributed by atoms with van der Waals surface area (Å²) in [6.07, 6.45) is 0.